The molecular weight excluding hydrogens is 219 g/mol. The third-order valence-corrected chi connectivity index (χ3v) is 9.61. The summed E-state index contributed by atoms with van der Waals surface area (Å²) in [4.78, 5) is 0. The molecule has 1 aliphatic carbocycles. The predicted molar refractivity (Wildman–Crippen MR) is 73.4 cm³/mol. The van der Waals surface area contributed by atoms with Crippen LogP contribution in [0.3, 0.4) is 0 Å². The number of hydrogen-bond acceptors (Lipinski definition) is 1. The van der Waals surface area contributed by atoms with E-state index in [1.165, 1.54) is 24.6 Å². The van der Waals surface area contributed by atoms with E-state index in [1.54, 1.807) is 0 Å². The van der Waals surface area contributed by atoms with Crippen molar-refractivity contribution in [2.24, 2.45) is 0 Å². The van der Waals surface area contributed by atoms with Crippen LogP contribution >= 0.6 is 6.04 Å². The minimum absolute atomic E-state index is 0.300. The average molecular weight is 238 g/mol. The third-order valence-electron chi connectivity index (χ3n) is 3.76. The van der Waals surface area contributed by atoms with E-state index >= 15 is 0 Å². The van der Waals surface area contributed by atoms with Crippen LogP contribution in [0.2, 0.25) is 0 Å². The summed E-state index contributed by atoms with van der Waals surface area (Å²) in [6.07, 6.45) is 13.9. The van der Waals surface area contributed by atoms with Gasteiger partial charge in [0.15, 0.2) is 0 Å². The van der Waals surface area contributed by atoms with E-state index in [0.717, 1.165) is 6.42 Å². The molecule has 0 amide bonds. The largest absolute Gasteiger partial charge is 0.0923 e. The molecule has 0 aromatic carbocycles. The quantitative estimate of drug-likeness (QED) is 0.641. The first kappa shape index (κ1) is 11.4. The Hall–Kier alpha value is -0.130. The Morgan fingerprint density at radius 2 is 2.27 bits per heavy atom. The Morgan fingerprint density at radius 1 is 1.47 bits per heavy atom. The van der Waals surface area contributed by atoms with E-state index in [2.05, 4.69) is 44.0 Å². The Morgan fingerprint density at radius 3 is 2.73 bits per heavy atom. The smallest absolute Gasteiger partial charge is 0.0242 e. The second kappa shape index (κ2) is 4.03. The summed E-state index contributed by atoms with van der Waals surface area (Å²) in [6.45, 7) is 4.53. The molecule has 1 heterocycles. The Kier molecular flexibility index (Phi) is 3.05. The van der Waals surface area contributed by atoms with Crippen LogP contribution in [0.5, 0.6) is 0 Å². The van der Waals surface area contributed by atoms with Gasteiger partial charge in [-0.2, -0.15) is 0 Å². The van der Waals surface area contributed by atoms with Crippen molar-refractivity contribution in [3.8, 4) is 0 Å². The van der Waals surface area contributed by atoms with Crippen LogP contribution in [-0.2, 0) is 11.8 Å². The molecule has 0 saturated heterocycles. The maximum Gasteiger partial charge on any atom is 0.0242 e. The first-order chi connectivity index (χ1) is 7.12. The van der Waals surface area contributed by atoms with Crippen molar-refractivity contribution < 1.29 is 0 Å². The van der Waals surface area contributed by atoms with Crippen LogP contribution in [0.15, 0.2) is 35.7 Å². The van der Waals surface area contributed by atoms with Crippen LogP contribution in [0, 0.1) is 0 Å². The van der Waals surface area contributed by atoms with Gasteiger partial charge >= 0.3 is 0 Å². The summed E-state index contributed by atoms with van der Waals surface area (Å²) in [5.74, 6) is 2.45. The molecule has 2 unspecified atom stereocenters. The van der Waals surface area contributed by atoms with E-state index in [0.29, 0.717) is 5.16 Å². The van der Waals surface area contributed by atoms with Gasteiger partial charge in [-0.25, -0.2) is 0 Å². The molecule has 2 rings (SSSR count). The molecule has 1 aliphatic heterocycles. The molecule has 0 fully saturated rings. The number of hydrogen-bond donors (Lipinski definition) is 0. The van der Waals surface area contributed by atoms with Crippen LogP contribution in [0.25, 0.3) is 0 Å². The standard InChI is InChI=1S/C13H19PS/c1-3-13(8-5-4-6-9-13)14(15)10-7-12(2)11-14/h4-6,8,11H,3,7,9-10H2,1-2H3. The fourth-order valence-electron chi connectivity index (χ4n) is 2.64. The van der Waals surface area contributed by atoms with Crippen LogP contribution in [0.4, 0.5) is 0 Å². The maximum absolute atomic E-state index is 6.02. The summed E-state index contributed by atoms with van der Waals surface area (Å²) in [7, 11) is 0. The average Bonchev–Trinajstić information content (AvgIpc) is 2.61. The van der Waals surface area contributed by atoms with Crippen molar-refractivity contribution in [3.05, 3.63) is 35.7 Å². The van der Waals surface area contributed by atoms with Crippen molar-refractivity contribution in [3.63, 3.8) is 0 Å². The summed E-state index contributed by atoms with van der Waals surface area (Å²) >= 11 is 6.02. The van der Waals surface area contributed by atoms with Gasteiger partial charge in [0.1, 0.15) is 0 Å². The van der Waals surface area contributed by atoms with Crippen molar-refractivity contribution in [1.29, 1.82) is 0 Å². The molecule has 0 nitrogen and oxygen atoms in total. The fourth-order valence-corrected chi connectivity index (χ4v) is 7.90. The third kappa shape index (κ3) is 1.81. The zero-order valence-electron chi connectivity index (χ0n) is 9.57. The summed E-state index contributed by atoms with van der Waals surface area (Å²) < 4.78 is 0. The molecule has 0 radical (unpaired) electrons. The minimum atomic E-state index is -1.30. The van der Waals surface area contributed by atoms with Gasteiger partial charge in [-0.15, -0.1) is 0 Å². The molecule has 2 aliphatic rings. The minimum Gasteiger partial charge on any atom is -0.0923 e. The Bertz CT molecular complexity index is 389. The topological polar surface area (TPSA) is 0 Å². The molecule has 0 aromatic heterocycles. The molecule has 0 aromatic rings. The molecule has 15 heavy (non-hydrogen) atoms. The SMILES string of the molecule is CCC1(P2(=S)C=C(C)CC2)C=CC=CC1. The van der Waals surface area contributed by atoms with Gasteiger partial charge in [-0.1, -0.05) is 54.4 Å². The first-order valence-electron chi connectivity index (χ1n) is 5.73. The van der Waals surface area contributed by atoms with Crippen LogP contribution in [-0.4, -0.2) is 11.3 Å². The highest BCUT2D eigenvalue weighted by Gasteiger charge is 2.40. The van der Waals surface area contributed by atoms with Gasteiger partial charge in [0.05, 0.1) is 0 Å². The molecule has 2 heteroatoms. The van der Waals surface area contributed by atoms with E-state index in [9.17, 15) is 0 Å². The molecular formula is C13H19PS. The van der Waals surface area contributed by atoms with Gasteiger partial charge in [0.25, 0.3) is 0 Å². The zero-order valence-corrected chi connectivity index (χ0v) is 11.3. The number of rotatable bonds is 2. The molecule has 0 bridgehead atoms. The first-order valence-corrected chi connectivity index (χ1v) is 8.79. The zero-order chi connectivity index (χ0) is 10.9. The van der Waals surface area contributed by atoms with Gasteiger partial charge in [0, 0.05) is 5.16 Å². The summed E-state index contributed by atoms with van der Waals surface area (Å²) in [5.41, 5.74) is 1.52. The van der Waals surface area contributed by atoms with Gasteiger partial charge < -0.3 is 0 Å². The summed E-state index contributed by atoms with van der Waals surface area (Å²) in [6, 6.07) is -1.30. The monoisotopic (exact) mass is 238 g/mol. The lowest BCUT2D eigenvalue weighted by Gasteiger charge is -2.38. The highest BCUT2D eigenvalue weighted by molar-refractivity contribution is 8.17. The van der Waals surface area contributed by atoms with Crippen molar-refractivity contribution in [2.45, 2.75) is 38.3 Å². The van der Waals surface area contributed by atoms with Crippen LogP contribution < -0.4 is 0 Å². The van der Waals surface area contributed by atoms with Gasteiger partial charge in [-0.3, -0.25) is 0 Å². The fraction of sp³-hybridized carbons (Fsp3) is 0.538. The van der Waals surface area contributed by atoms with E-state index < -0.39 is 6.04 Å². The Balaban J connectivity index is 2.39. The maximum atomic E-state index is 6.02. The lowest BCUT2D eigenvalue weighted by molar-refractivity contribution is 0.675. The highest BCUT2D eigenvalue weighted by atomic mass is 32.4. The highest BCUT2D eigenvalue weighted by Crippen LogP contribution is 2.67. The van der Waals surface area contributed by atoms with Gasteiger partial charge in [0.2, 0.25) is 0 Å². The van der Waals surface area contributed by atoms with E-state index in [1.807, 2.05) is 0 Å². The van der Waals surface area contributed by atoms with Crippen molar-refractivity contribution in [1.82, 2.24) is 0 Å². The molecule has 0 saturated carbocycles. The van der Waals surface area contributed by atoms with Gasteiger partial charge in [-0.05, 0) is 38.4 Å². The normalized spacial score (nSPS) is 39.5. The predicted octanol–water partition coefficient (Wildman–Crippen LogP) is 4.44. The second-order valence-electron chi connectivity index (χ2n) is 4.69. The lowest BCUT2D eigenvalue weighted by Crippen LogP contribution is -2.25. The number of allylic oxidation sites excluding steroid dienone is 5. The molecule has 0 N–H and O–H groups in total. The Labute approximate surface area is 98.2 Å². The molecule has 82 valence electrons. The second-order valence-corrected chi connectivity index (χ2v) is 9.84. The molecule has 0 spiro atoms. The molecule has 2 atom stereocenters. The van der Waals surface area contributed by atoms with E-state index in [-0.39, 0.29) is 0 Å². The lowest BCUT2D eigenvalue weighted by atomic mass is 9.97. The summed E-state index contributed by atoms with van der Waals surface area (Å²) in [5, 5.41) is 0.300. The van der Waals surface area contributed by atoms with Crippen LogP contribution in [0.1, 0.15) is 33.1 Å². The van der Waals surface area contributed by atoms with Crippen molar-refractivity contribution in [2.75, 3.05) is 6.16 Å². The van der Waals surface area contributed by atoms with E-state index in [4.69, 9.17) is 11.8 Å². The van der Waals surface area contributed by atoms with Crippen molar-refractivity contribution >= 4 is 17.8 Å².